The molecule has 0 aliphatic rings. The smallest absolute Gasteiger partial charge is 0.199 e. The van der Waals surface area contributed by atoms with E-state index < -0.39 is 0 Å². The molecule has 2 aromatic rings. The molecule has 0 radical (unpaired) electrons. The number of benzene rings is 1. The predicted molar refractivity (Wildman–Crippen MR) is 84.0 cm³/mol. The summed E-state index contributed by atoms with van der Waals surface area (Å²) in [5.41, 5.74) is 11.9. The molecule has 0 atom stereocenters. The molecule has 0 aliphatic carbocycles. The molecule has 116 valence electrons. The molecule has 1 heterocycles. The molecule has 0 saturated heterocycles. The number of halogens is 1. The van der Waals surface area contributed by atoms with Crippen LogP contribution in [0.15, 0.2) is 31.4 Å². The zero-order valence-electron chi connectivity index (χ0n) is 11.5. The Morgan fingerprint density at radius 2 is 2.27 bits per heavy atom. The van der Waals surface area contributed by atoms with Crippen molar-refractivity contribution >= 4 is 33.8 Å². The maximum atomic E-state index is 9.73. The number of aromatic nitrogens is 2. The van der Waals surface area contributed by atoms with Crippen LogP contribution in [0.1, 0.15) is 18.2 Å². The number of hydrogen-bond acceptors (Lipinski definition) is 8. The van der Waals surface area contributed by atoms with Gasteiger partial charge in [-0.3, -0.25) is 0 Å². The zero-order valence-corrected chi connectivity index (χ0v) is 13.1. The highest BCUT2D eigenvalue weighted by molar-refractivity contribution is 9.10. The highest BCUT2D eigenvalue weighted by Gasteiger charge is 2.10. The number of phenols is 1. The van der Waals surface area contributed by atoms with Crippen LogP contribution in [0.4, 0.5) is 5.82 Å². The van der Waals surface area contributed by atoms with Gasteiger partial charge in [-0.25, -0.2) is 4.63 Å². The molecule has 0 saturated carbocycles. The third-order valence-corrected chi connectivity index (χ3v) is 3.18. The van der Waals surface area contributed by atoms with Gasteiger partial charge < -0.3 is 21.3 Å². The van der Waals surface area contributed by atoms with Crippen LogP contribution in [0, 0.1) is 0 Å². The third kappa shape index (κ3) is 3.52. The number of hydrogen-bond donors (Lipinski definition) is 3. The van der Waals surface area contributed by atoms with Crippen molar-refractivity contribution in [2.75, 3.05) is 12.3 Å². The van der Waals surface area contributed by atoms with Crippen LogP contribution >= 0.6 is 15.9 Å². The first-order valence-electron chi connectivity index (χ1n) is 6.13. The molecule has 22 heavy (non-hydrogen) atoms. The summed E-state index contributed by atoms with van der Waals surface area (Å²) < 4.78 is 10.3. The first kappa shape index (κ1) is 15.8. The molecule has 0 spiro atoms. The molecule has 1 aromatic carbocycles. The van der Waals surface area contributed by atoms with Crippen molar-refractivity contribution in [1.82, 2.24) is 10.3 Å². The Kier molecular flexibility index (Phi) is 4.94. The Hall–Kier alpha value is -2.62. The van der Waals surface area contributed by atoms with E-state index in [1.807, 2.05) is 6.92 Å². The van der Waals surface area contributed by atoms with Crippen LogP contribution < -0.4 is 16.2 Å². The maximum Gasteiger partial charge on any atom is 0.199 e. The summed E-state index contributed by atoms with van der Waals surface area (Å²) in [7, 11) is 0. The molecule has 0 bridgehead atoms. The summed E-state index contributed by atoms with van der Waals surface area (Å²) in [5, 5.41) is 24.2. The van der Waals surface area contributed by atoms with Gasteiger partial charge >= 0.3 is 0 Å². The van der Waals surface area contributed by atoms with Crippen LogP contribution in [-0.2, 0) is 0 Å². The molecule has 9 nitrogen and oxygen atoms in total. The molecule has 2 rings (SSSR count). The number of amidine groups is 1. The monoisotopic (exact) mass is 368 g/mol. The lowest BCUT2D eigenvalue weighted by atomic mass is 10.2. The molecule has 0 aliphatic heterocycles. The van der Waals surface area contributed by atoms with Gasteiger partial charge in [0.25, 0.3) is 0 Å². The molecular formula is C12H13BrN6O3. The fourth-order valence-electron chi connectivity index (χ4n) is 1.50. The lowest BCUT2D eigenvalue weighted by Gasteiger charge is -2.07. The van der Waals surface area contributed by atoms with Crippen LogP contribution in [0.5, 0.6) is 11.5 Å². The summed E-state index contributed by atoms with van der Waals surface area (Å²) in [4.78, 5) is 0. The van der Waals surface area contributed by atoms with E-state index in [9.17, 15) is 5.11 Å². The van der Waals surface area contributed by atoms with Crippen molar-refractivity contribution in [1.29, 1.82) is 0 Å². The van der Waals surface area contributed by atoms with E-state index in [0.29, 0.717) is 22.4 Å². The van der Waals surface area contributed by atoms with Crippen molar-refractivity contribution in [3.8, 4) is 11.5 Å². The van der Waals surface area contributed by atoms with Crippen LogP contribution in [-0.4, -0.2) is 34.1 Å². The molecule has 5 N–H and O–H groups in total. The average Bonchev–Trinajstić information content (AvgIpc) is 2.90. The van der Waals surface area contributed by atoms with Crippen LogP contribution in [0.25, 0.3) is 0 Å². The van der Waals surface area contributed by atoms with E-state index in [2.05, 4.69) is 41.1 Å². The summed E-state index contributed by atoms with van der Waals surface area (Å²) in [6.07, 6.45) is 1.43. The van der Waals surface area contributed by atoms with Gasteiger partial charge in [0.2, 0.25) is 0 Å². The van der Waals surface area contributed by atoms with Crippen LogP contribution in [0.3, 0.4) is 0 Å². The lowest BCUT2D eigenvalue weighted by Crippen LogP contribution is -2.15. The minimum Gasteiger partial charge on any atom is -0.504 e. The fraction of sp³-hybridized carbons (Fsp3) is 0.167. The minimum atomic E-state index is -0.0325. The second-order valence-corrected chi connectivity index (χ2v) is 4.86. The van der Waals surface area contributed by atoms with E-state index in [-0.39, 0.29) is 23.1 Å². The minimum absolute atomic E-state index is 0.0235. The largest absolute Gasteiger partial charge is 0.504 e. The molecular weight excluding hydrogens is 356 g/mol. The number of nitrogens with zero attached hydrogens (tertiary/aromatic N) is 4. The standard InChI is InChI=1S/C12H13BrN6O3/c1-2-21-9-3-6(7(13)4-8(9)20)5-16-17-11(14)10-12(15)19-22-18-10/h3-5,20H,2H2,1H3,(H2,14,17)(H2,15,19). The second-order valence-electron chi connectivity index (χ2n) is 4.00. The molecule has 1 aromatic heterocycles. The van der Waals surface area contributed by atoms with Gasteiger partial charge in [0.1, 0.15) is 0 Å². The number of rotatable bonds is 5. The summed E-state index contributed by atoms with van der Waals surface area (Å²) in [5.74, 6) is 0.361. The maximum absolute atomic E-state index is 9.73. The van der Waals surface area contributed by atoms with E-state index >= 15 is 0 Å². The highest BCUT2D eigenvalue weighted by Crippen LogP contribution is 2.31. The number of nitrogen functional groups attached to an aromatic ring is 1. The normalized spacial score (nSPS) is 12.0. The van der Waals surface area contributed by atoms with Crippen molar-refractivity contribution < 1.29 is 14.5 Å². The molecule has 0 fully saturated rings. The van der Waals surface area contributed by atoms with Gasteiger partial charge in [0, 0.05) is 10.0 Å². The number of phenolic OH excluding ortho intramolecular Hbond substituents is 1. The van der Waals surface area contributed by atoms with E-state index in [4.69, 9.17) is 16.2 Å². The van der Waals surface area contributed by atoms with E-state index in [1.165, 1.54) is 12.3 Å². The quantitative estimate of drug-likeness (QED) is 0.409. The fourth-order valence-corrected chi connectivity index (χ4v) is 1.94. The van der Waals surface area contributed by atoms with Crippen LogP contribution in [0.2, 0.25) is 0 Å². The van der Waals surface area contributed by atoms with Gasteiger partial charge in [0.05, 0.1) is 12.8 Å². The Morgan fingerprint density at radius 1 is 1.50 bits per heavy atom. The van der Waals surface area contributed by atoms with E-state index in [1.54, 1.807) is 6.07 Å². The van der Waals surface area contributed by atoms with Crippen molar-refractivity contribution in [3.63, 3.8) is 0 Å². The predicted octanol–water partition coefficient (Wildman–Crippen LogP) is 1.26. The van der Waals surface area contributed by atoms with Gasteiger partial charge in [0.15, 0.2) is 28.8 Å². The number of anilines is 1. The molecule has 10 heteroatoms. The Bertz CT molecular complexity index is 728. The van der Waals surface area contributed by atoms with Crippen molar-refractivity contribution in [2.24, 2.45) is 15.9 Å². The Balaban J connectivity index is 2.23. The summed E-state index contributed by atoms with van der Waals surface area (Å²) in [6.45, 7) is 2.24. The molecule has 0 unspecified atom stereocenters. The number of nitrogens with two attached hydrogens (primary N) is 2. The van der Waals surface area contributed by atoms with Gasteiger partial charge in [-0.1, -0.05) is 0 Å². The van der Waals surface area contributed by atoms with Gasteiger partial charge in [-0.05, 0) is 45.3 Å². The van der Waals surface area contributed by atoms with Crippen molar-refractivity contribution in [3.05, 3.63) is 27.9 Å². The molecule has 0 amide bonds. The SMILES string of the molecule is CCOc1cc(C=N/N=C(\N)c2nonc2N)c(Br)cc1O. The zero-order chi connectivity index (χ0) is 16.1. The summed E-state index contributed by atoms with van der Waals surface area (Å²) >= 11 is 3.31. The first-order valence-corrected chi connectivity index (χ1v) is 6.92. The summed E-state index contributed by atoms with van der Waals surface area (Å²) in [6, 6.07) is 3.11. The first-order chi connectivity index (χ1) is 10.5. The van der Waals surface area contributed by atoms with Crippen molar-refractivity contribution in [2.45, 2.75) is 6.92 Å². The lowest BCUT2D eigenvalue weighted by molar-refractivity contribution is 0.308. The Labute approximate surface area is 133 Å². The number of aromatic hydroxyl groups is 1. The topological polar surface area (TPSA) is 145 Å². The van der Waals surface area contributed by atoms with Gasteiger partial charge in [-0.15, -0.1) is 5.10 Å². The third-order valence-electron chi connectivity index (χ3n) is 2.50. The Morgan fingerprint density at radius 3 is 2.91 bits per heavy atom. The number of ether oxygens (including phenoxy) is 1. The average molecular weight is 369 g/mol. The van der Waals surface area contributed by atoms with Gasteiger partial charge in [-0.2, -0.15) is 5.10 Å². The van der Waals surface area contributed by atoms with E-state index in [0.717, 1.165) is 0 Å². The highest BCUT2D eigenvalue weighted by atomic mass is 79.9. The second kappa shape index (κ2) is 6.89.